The lowest BCUT2D eigenvalue weighted by Gasteiger charge is -2.16. The fourth-order valence-corrected chi connectivity index (χ4v) is 4.12. The molecule has 1 aromatic carbocycles. The molecule has 3 aromatic rings. The van der Waals surface area contributed by atoms with Crippen molar-refractivity contribution < 1.29 is 0 Å². The summed E-state index contributed by atoms with van der Waals surface area (Å²) in [4.78, 5) is 1.12. The number of nitrogens with one attached hydrogen (secondary N) is 1. The van der Waals surface area contributed by atoms with Crippen LogP contribution in [0, 0.1) is 0 Å². The van der Waals surface area contributed by atoms with E-state index in [-0.39, 0.29) is 6.04 Å². The van der Waals surface area contributed by atoms with Crippen LogP contribution in [-0.2, 0) is 6.42 Å². The van der Waals surface area contributed by atoms with E-state index in [1.807, 2.05) is 0 Å². The zero-order valence-electron chi connectivity index (χ0n) is 11.2. The first-order valence-corrected chi connectivity index (χ1v) is 8.23. The number of fused-ring (bicyclic) bond motifs is 1. The molecule has 3 N–H and O–H groups in total. The summed E-state index contributed by atoms with van der Waals surface area (Å²) in [6.45, 7) is 2.15. The first-order valence-electron chi connectivity index (χ1n) is 6.58. The van der Waals surface area contributed by atoms with E-state index in [2.05, 4.69) is 51.6 Å². The van der Waals surface area contributed by atoms with Crippen molar-refractivity contribution in [3.8, 4) is 0 Å². The second kappa shape index (κ2) is 5.97. The first-order chi connectivity index (χ1) is 9.85. The number of rotatable bonds is 5. The monoisotopic (exact) mass is 304 g/mol. The van der Waals surface area contributed by atoms with Gasteiger partial charge in [0.2, 0.25) is 0 Å². The van der Waals surface area contributed by atoms with Gasteiger partial charge in [0.1, 0.15) is 0 Å². The lowest BCUT2D eigenvalue weighted by molar-refractivity contribution is 0.641. The average molecular weight is 304 g/mol. The maximum atomic E-state index is 5.83. The molecule has 0 bridgehead atoms. The number of hydrogen-bond acceptors (Lipinski definition) is 6. The van der Waals surface area contributed by atoms with Gasteiger partial charge in [-0.05, 0) is 40.3 Å². The molecule has 3 rings (SSSR count). The van der Waals surface area contributed by atoms with Crippen molar-refractivity contribution in [1.29, 1.82) is 0 Å². The Hall–Kier alpha value is -1.34. The molecule has 0 amide bonds. The highest BCUT2D eigenvalue weighted by atomic mass is 32.1. The fourth-order valence-electron chi connectivity index (χ4n) is 2.40. The highest BCUT2D eigenvalue weighted by Crippen LogP contribution is 2.34. The third-order valence-corrected chi connectivity index (χ3v) is 5.13. The summed E-state index contributed by atoms with van der Waals surface area (Å²) in [6.07, 6.45) is 1.99. The van der Waals surface area contributed by atoms with Crippen molar-refractivity contribution in [2.45, 2.75) is 25.8 Å². The van der Waals surface area contributed by atoms with Gasteiger partial charge in [-0.2, -0.15) is 0 Å². The number of thiophene rings is 1. The minimum atomic E-state index is -0.0427. The van der Waals surface area contributed by atoms with E-state index in [0.717, 1.165) is 23.4 Å². The lowest BCUT2D eigenvalue weighted by atomic mass is 10.0. The molecule has 6 heteroatoms. The summed E-state index contributed by atoms with van der Waals surface area (Å²) in [7, 11) is 0. The van der Waals surface area contributed by atoms with Crippen molar-refractivity contribution in [3.05, 3.63) is 45.8 Å². The standard InChI is InChI=1S/C14H16N4S2/c1-2-4-11-14(20-18-17-11)12(16-15)10-6-3-5-9-7-8-19-13(9)10/h3,5-8,12,16H,2,4,15H2,1H3. The third kappa shape index (κ3) is 2.35. The van der Waals surface area contributed by atoms with Gasteiger partial charge in [-0.1, -0.05) is 36.0 Å². The average Bonchev–Trinajstić information content (AvgIpc) is 3.10. The smallest absolute Gasteiger partial charge is 0.0851 e. The first kappa shape index (κ1) is 13.6. The van der Waals surface area contributed by atoms with Crippen LogP contribution in [-0.4, -0.2) is 9.59 Å². The molecular weight excluding hydrogens is 288 g/mol. The van der Waals surface area contributed by atoms with Crippen LogP contribution in [0.15, 0.2) is 29.6 Å². The summed E-state index contributed by atoms with van der Waals surface area (Å²) in [6, 6.07) is 8.41. The lowest BCUT2D eigenvalue weighted by Crippen LogP contribution is -2.29. The van der Waals surface area contributed by atoms with Crippen molar-refractivity contribution in [1.82, 2.24) is 15.0 Å². The van der Waals surface area contributed by atoms with E-state index in [1.165, 1.54) is 27.2 Å². The van der Waals surface area contributed by atoms with E-state index in [4.69, 9.17) is 5.84 Å². The molecule has 1 atom stereocenters. The molecule has 2 aromatic heterocycles. The number of aryl methyl sites for hydroxylation is 1. The molecule has 20 heavy (non-hydrogen) atoms. The number of nitrogens with zero attached hydrogens (tertiary/aromatic N) is 2. The van der Waals surface area contributed by atoms with Crippen molar-refractivity contribution in [2.75, 3.05) is 0 Å². The number of hydrogen-bond donors (Lipinski definition) is 2. The second-order valence-electron chi connectivity index (χ2n) is 4.62. The number of aromatic nitrogens is 2. The normalized spacial score (nSPS) is 12.9. The molecule has 0 spiro atoms. The Morgan fingerprint density at radius 3 is 3.05 bits per heavy atom. The van der Waals surface area contributed by atoms with Crippen LogP contribution in [0.2, 0.25) is 0 Å². The van der Waals surface area contributed by atoms with E-state index in [0.29, 0.717) is 0 Å². The van der Waals surface area contributed by atoms with Gasteiger partial charge in [-0.3, -0.25) is 5.84 Å². The topological polar surface area (TPSA) is 63.8 Å². The zero-order chi connectivity index (χ0) is 13.9. The van der Waals surface area contributed by atoms with Gasteiger partial charge >= 0.3 is 0 Å². The Kier molecular flexibility index (Phi) is 4.07. The van der Waals surface area contributed by atoms with E-state index in [9.17, 15) is 0 Å². The molecule has 0 aliphatic heterocycles. The molecule has 0 aliphatic carbocycles. The number of nitrogens with two attached hydrogens (primary N) is 1. The van der Waals surface area contributed by atoms with Crippen LogP contribution < -0.4 is 11.3 Å². The zero-order valence-corrected chi connectivity index (χ0v) is 12.8. The number of hydrazine groups is 1. The molecule has 2 heterocycles. The van der Waals surface area contributed by atoms with Gasteiger partial charge < -0.3 is 0 Å². The summed E-state index contributed by atoms with van der Waals surface area (Å²) in [5.41, 5.74) is 5.19. The fraction of sp³-hybridized carbons (Fsp3) is 0.286. The predicted octanol–water partition coefficient (Wildman–Crippen LogP) is 3.26. The van der Waals surface area contributed by atoms with Crippen LogP contribution >= 0.6 is 22.9 Å². The Morgan fingerprint density at radius 2 is 2.25 bits per heavy atom. The number of benzene rings is 1. The maximum Gasteiger partial charge on any atom is 0.0851 e. The van der Waals surface area contributed by atoms with Gasteiger partial charge in [-0.15, -0.1) is 16.4 Å². The molecule has 104 valence electrons. The van der Waals surface area contributed by atoms with Crippen molar-refractivity contribution >= 4 is 33.0 Å². The second-order valence-corrected chi connectivity index (χ2v) is 6.32. The molecule has 0 radical (unpaired) electrons. The van der Waals surface area contributed by atoms with Crippen molar-refractivity contribution in [3.63, 3.8) is 0 Å². The van der Waals surface area contributed by atoms with Crippen LogP contribution in [0.3, 0.4) is 0 Å². The highest BCUT2D eigenvalue weighted by molar-refractivity contribution is 7.17. The molecule has 0 saturated carbocycles. The molecule has 0 aliphatic rings. The third-order valence-electron chi connectivity index (χ3n) is 3.32. The van der Waals surface area contributed by atoms with Crippen molar-refractivity contribution in [2.24, 2.45) is 5.84 Å². The molecule has 0 saturated heterocycles. The van der Waals surface area contributed by atoms with E-state index < -0.39 is 0 Å². The Labute approximate surface area is 125 Å². The summed E-state index contributed by atoms with van der Waals surface area (Å²) < 4.78 is 5.37. The van der Waals surface area contributed by atoms with Gasteiger partial charge in [0.05, 0.1) is 16.6 Å². The molecular formula is C14H16N4S2. The van der Waals surface area contributed by atoms with Gasteiger partial charge in [0.15, 0.2) is 0 Å². The van der Waals surface area contributed by atoms with Crippen LogP contribution in [0.25, 0.3) is 10.1 Å². The van der Waals surface area contributed by atoms with E-state index >= 15 is 0 Å². The van der Waals surface area contributed by atoms with Crippen LogP contribution in [0.4, 0.5) is 0 Å². The SMILES string of the molecule is CCCc1nnsc1C(NN)c1cccc2ccsc12. The Balaban J connectivity index is 2.09. The molecule has 1 unspecified atom stereocenters. The van der Waals surface area contributed by atoms with Gasteiger partial charge in [0, 0.05) is 4.70 Å². The Bertz CT molecular complexity index is 704. The maximum absolute atomic E-state index is 5.83. The van der Waals surface area contributed by atoms with Crippen LogP contribution in [0.5, 0.6) is 0 Å². The Morgan fingerprint density at radius 1 is 1.35 bits per heavy atom. The predicted molar refractivity (Wildman–Crippen MR) is 84.9 cm³/mol. The minimum absolute atomic E-state index is 0.0427. The van der Waals surface area contributed by atoms with Crippen LogP contribution in [0.1, 0.15) is 35.5 Å². The summed E-state index contributed by atoms with van der Waals surface area (Å²) in [5, 5.41) is 7.61. The van der Waals surface area contributed by atoms with Gasteiger partial charge in [-0.25, -0.2) is 5.43 Å². The molecule has 4 nitrogen and oxygen atoms in total. The quantitative estimate of drug-likeness (QED) is 0.561. The van der Waals surface area contributed by atoms with Gasteiger partial charge in [0.25, 0.3) is 0 Å². The summed E-state index contributed by atoms with van der Waals surface area (Å²) >= 11 is 3.17. The molecule has 0 fully saturated rings. The largest absolute Gasteiger partial charge is 0.271 e. The highest BCUT2D eigenvalue weighted by Gasteiger charge is 2.21. The summed E-state index contributed by atoms with van der Waals surface area (Å²) in [5.74, 6) is 5.83. The van der Waals surface area contributed by atoms with E-state index in [1.54, 1.807) is 11.3 Å². The minimum Gasteiger partial charge on any atom is -0.271 e.